The standard InChI is InChI=1S/C21H42O2.C19H38O2/c1-2-3-4-5-6-7-8-9-10-11-12-13-14-15-16-17-18-22-19-21-20-23-21;1-2-3-4-5-6-7-8-9-10-11-12-13-14-15-16-20-17-19-18-21-19/h21H,2-20H2,1H3;19H,2-18H2,1H3. The second-order valence-corrected chi connectivity index (χ2v) is 14.0. The lowest BCUT2D eigenvalue weighted by atomic mass is 10.0. The first-order valence-electron chi connectivity index (χ1n) is 20.3. The maximum Gasteiger partial charge on any atom is 0.104 e. The zero-order valence-electron chi connectivity index (χ0n) is 30.2. The first kappa shape index (κ1) is 41.9. The third-order valence-corrected chi connectivity index (χ3v) is 9.20. The van der Waals surface area contributed by atoms with E-state index in [-0.39, 0.29) is 0 Å². The second-order valence-electron chi connectivity index (χ2n) is 14.0. The molecule has 264 valence electrons. The highest BCUT2D eigenvalue weighted by Gasteiger charge is 2.22. The van der Waals surface area contributed by atoms with E-state index in [2.05, 4.69) is 13.8 Å². The SMILES string of the molecule is CCCCCCCCCCCCCCCCCCOCC1CO1.CCCCCCCCCCCCCCCCOCC1CO1. The van der Waals surface area contributed by atoms with E-state index in [0.717, 1.165) is 39.6 Å². The first-order valence-corrected chi connectivity index (χ1v) is 20.3. The van der Waals surface area contributed by atoms with Gasteiger partial charge in [0.05, 0.1) is 26.4 Å². The summed E-state index contributed by atoms with van der Waals surface area (Å²) in [6.45, 7) is 9.90. The van der Waals surface area contributed by atoms with Gasteiger partial charge in [-0.1, -0.05) is 194 Å². The van der Waals surface area contributed by atoms with Crippen LogP contribution >= 0.6 is 0 Å². The van der Waals surface area contributed by atoms with Crippen LogP contribution in [0.15, 0.2) is 0 Å². The normalized spacial score (nSPS) is 17.0. The van der Waals surface area contributed by atoms with Crippen molar-refractivity contribution in [2.75, 3.05) is 39.6 Å². The average Bonchev–Trinajstić information content (AvgIpc) is 3.97. The zero-order chi connectivity index (χ0) is 31.4. The molecule has 2 aliphatic rings. The van der Waals surface area contributed by atoms with E-state index < -0.39 is 0 Å². The van der Waals surface area contributed by atoms with Crippen LogP contribution in [0.3, 0.4) is 0 Å². The lowest BCUT2D eigenvalue weighted by Gasteiger charge is -2.04. The van der Waals surface area contributed by atoms with Crippen LogP contribution in [-0.4, -0.2) is 51.8 Å². The third kappa shape index (κ3) is 36.3. The Kier molecular flexibility index (Phi) is 34.0. The third-order valence-electron chi connectivity index (χ3n) is 9.20. The van der Waals surface area contributed by atoms with Crippen LogP contribution in [0.5, 0.6) is 0 Å². The van der Waals surface area contributed by atoms with Crippen LogP contribution in [0.25, 0.3) is 0 Å². The maximum absolute atomic E-state index is 5.55. The Hall–Kier alpha value is -0.160. The summed E-state index contributed by atoms with van der Waals surface area (Å²) in [7, 11) is 0. The number of unbranched alkanes of at least 4 members (excludes halogenated alkanes) is 28. The van der Waals surface area contributed by atoms with Gasteiger partial charge in [0, 0.05) is 13.2 Å². The molecule has 0 aromatic rings. The molecular formula is C40H80O4. The van der Waals surface area contributed by atoms with E-state index in [1.54, 1.807) is 0 Å². The molecule has 4 heteroatoms. The van der Waals surface area contributed by atoms with E-state index in [1.807, 2.05) is 0 Å². The van der Waals surface area contributed by atoms with Crippen LogP contribution in [-0.2, 0) is 18.9 Å². The number of epoxide rings is 2. The van der Waals surface area contributed by atoms with Gasteiger partial charge in [-0.25, -0.2) is 0 Å². The highest BCUT2D eigenvalue weighted by atomic mass is 16.6. The van der Waals surface area contributed by atoms with Gasteiger partial charge in [-0.2, -0.15) is 0 Å². The molecule has 0 radical (unpaired) electrons. The summed E-state index contributed by atoms with van der Waals surface area (Å²) in [6, 6.07) is 0. The van der Waals surface area contributed by atoms with Crippen LogP contribution in [0, 0.1) is 0 Å². The van der Waals surface area contributed by atoms with Crippen molar-refractivity contribution in [2.45, 2.75) is 219 Å². The van der Waals surface area contributed by atoms with Gasteiger partial charge in [0.15, 0.2) is 0 Å². The van der Waals surface area contributed by atoms with Crippen molar-refractivity contribution in [3.05, 3.63) is 0 Å². The Balaban J connectivity index is 0.000000442. The fourth-order valence-corrected chi connectivity index (χ4v) is 5.91. The fourth-order valence-electron chi connectivity index (χ4n) is 5.91. The summed E-state index contributed by atoms with van der Waals surface area (Å²) in [5, 5.41) is 0. The van der Waals surface area contributed by atoms with Crippen molar-refractivity contribution >= 4 is 0 Å². The number of hydrogen-bond donors (Lipinski definition) is 0. The predicted octanol–water partition coefficient (Wildman–Crippen LogP) is 12.5. The Morgan fingerprint density at radius 1 is 0.341 bits per heavy atom. The average molecular weight is 625 g/mol. The quantitative estimate of drug-likeness (QED) is 0.0514. The van der Waals surface area contributed by atoms with Crippen LogP contribution in [0.4, 0.5) is 0 Å². The summed E-state index contributed by atoms with van der Waals surface area (Å²) >= 11 is 0. The van der Waals surface area contributed by atoms with Crippen molar-refractivity contribution in [1.82, 2.24) is 0 Å². The van der Waals surface area contributed by atoms with Gasteiger partial charge in [-0.15, -0.1) is 0 Å². The molecule has 0 bridgehead atoms. The van der Waals surface area contributed by atoms with Crippen molar-refractivity contribution < 1.29 is 18.9 Å². The molecule has 44 heavy (non-hydrogen) atoms. The Morgan fingerprint density at radius 2 is 0.545 bits per heavy atom. The molecule has 0 aromatic heterocycles. The highest BCUT2D eigenvalue weighted by Crippen LogP contribution is 2.15. The molecule has 2 fully saturated rings. The molecule has 0 aromatic carbocycles. The molecule has 0 saturated carbocycles. The number of rotatable bonds is 36. The molecule has 2 rings (SSSR count). The molecule has 2 unspecified atom stereocenters. The Labute approximate surface area is 276 Å². The minimum atomic E-state index is 0.427. The summed E-state index contributed by atoms with van der Waals surface area (Å²) in [5.74, 6) is 0. The van der Waals surface area contributed by atoms with Gasteiger partial charge < -0.3 is 18.9 Å². The van der Waals surface area contributed by atoms with E-state index in [1.165, 1.54) is 193 Å². The molecule has 0 amide bonds. The molecule has 2 saturated heterocycles. The van der Waals surface area contributed by atoms with Gasteiger partial charge in [0.2, 0.25) is 0 Å². The molecular weight excluding hydrogens is 544 g/mol. The zero-order valence-corrected chi connectivity index (χ0v) is 30.2. The molecule has 2 aliphatic heterocycles. The van der Waals surface area contributed by atoms with Crippen LogP contribution in [0.1, 0.15) is 206 Å². The second kappa shape index (κ2) is 35.7. The van der Waals surface area contributed by atoms with E-state index in [4.69, 9.17) is 18.9 Å². The van der Waals surface area contributed by atoms with Gasteiger partial charge >= 0.3 is 0 Å². The first-order chi connectivity index (χ1) is 21.9. The summed E-state index contributed by atoms with van der Waals surface area (Å²) in [5.41, 5.74) is 0. The van der Waals surface area contributed by atoms with Gasteiger partial charge in [-0.05, 0) is 12.8 Å². The molecule has 2 atom stereocenters. The summed E-state index contributed by atoms with van der Waals surface area (Å²) in [4.78, 5) is 0. The number of ether oxygens (including phenoxy) is 4. The van der Waals surface area contributed by atoms with Crippen molar-refractivity contribution in [1.29, 1.82) is 0 Å². The summed E-state index contributed by atoms with van der Waals surface area (Å²) < 4.78 is 21.3. The van der Waals surface area contributed by atoms with Crippen LogP contribution in [0.2, 0.25) is 0 Å². The fraction of sp³-hybridized carbons (Fsp3) is 1.00. The Morgan fingerprint density at radius 3 is 0.750 bits per heavy atom. The van der Waals surface area contributed by atoms with E-state index in [9.17, 15) is 0 Å². The van der Waals surface area contributed by atoms with Crippen molar-refractivity contribution in [2.24, 2.45) is 0 Å². The molecule has 2 heterocycles. The lowest BCUT2D eigenvalue weighted by Crippen LogP contribution is -2.02. The smallest absolute Gasteiger partial charge is 0.104 e. The lowest BCUT2D eigenvalue weighted by molar-refractivity contribution is 0.113. The molecule has 0 N–H and O–H groups in total. The molecule has 0 aliphatic carbocycles. The van der Waals surface area contributed by atoms with Crippen molar-refractivity contribution in [3.63, 3.8) is 0 Å². The van der Waals surface area contributed by atoms with E-state index in [0.29, 0.717) is 12.2 Å². The van der Waals surface area contributed by atoms with Crippen molar-refractivity contribution in [3.8, 4) is 0 Å². The van der Waals surface area contributed by atoms with Gasteiger partial charge in [-0.3, -0.25) is 0 Å². The topological polar surface area (TPSA) is 43.5 Å². The Bertz CT molecular complexity index is 520. The largest absolute Gasteiger partial charge is 0.379 e. The monoisotopic (exact) mass is 625 g/mol. The maximum atomic E-state index is 5.55. The summed E-state index contributed by atoms with van der Waals surface area (Å²) in [6.07, 6.45) is 43.4. The van der Waals surface area contributed by atoms with Crippen LogP contribution < -0.4 is 0 Å². The number of hydrogen-bond acceptors (Lipinski definition) is 4. The van der Waals surface area contributed by atoms with Gasteiger partial charge in [0.1, 0.15) is 12.2 Å². The molecule has 4 nitrogen and oxygen atoms in total. The highest BCUT2D eigenvalue weighted by molar-refractivity contribution is 4.67. The predicted molar refractivity (Wildman–Crippen MR) is 191 cm³/mol. The molecule has 0 spiro atoms. The minimum Gasteiger partial charge on any atom is -0.379 e. The van der Waals surface area contributed by atoms with Gasteiger partial charge in [0.25, 0.3) is 0 Å². The minimum absolute atomic E-state index is 0.427. The van der Waals surface area contributed by atoms with E-state index >= 15 is 0 Å².